The van der Waals surface area contributed by atoms with E-state index in [4.69, 9.17) is 14.9 Å². The number of nitrogens with zero attached hydrogens (tertiary/aromatic N) is 2. The van der Waals surface area contributed by atoms with Crippen molar-refractivity contribution in [1.29, 1.82) is 0 Å². The second-order valence-corrected chi connectivity index (χ2v) is 6.93. The number of nitrogens with one attached hydrogen (secondary N) is 2. The molecule has 10 nitrogen and oxygen atoms in total. The number of aryl methyl sites for hydroxylation is 1. The Morgan fingerprint density at radius 1 is 1.14 bits per heavy atom. The Bertz CT molecular complexity index is 756. The fraction of sp³-hybridized carbons (Fsp3) is 0.444. The van der Waals surface area contributed by atoms with Crippen LogP contribution in [0.3, 0.4) is 0 Å². The molecule has 0 bridgehead atoms. The molecule has 0 aliphatic carbocycles. The molecule has 0 atom stereocenters. The van der Waals surface area contributed by atoms with Crippen LogP contribution in [0.5, 0.6) is 0 Å². The van der Waals surface area contributed by atoms with E-state index in [1.807, 2.05) is 0 Å². The molecule has 0 radical (unpaired) electrons. The Balaban J connectivity index is 3.00. The number of anilines is 1. The number of ether oxygens (including phenoxy) is 1. The van der Waals surface area contributed by atoms with E-state index in [2.05, 4.69) is 15.6 Å². The molecule has 0 saturated heterocycles. The zero-order valence-electron chi connectivity index (χ0n) is 16.6. The molecule has 28 heavy (non-hydrogen) atoms. The summed E-state index contributed by atoms with van der Waals surface area (Å²) >= 11 is 0. The quantitative estimate of drug-likeness (QED) is 0.453. The number of guanidine groups is 1. The summed E-state index contributed by atoms with van der Waals surface area (Å²) in [6.07, 6.45) is -3.81. The number of alkyl carbamates (subject to hydrolysis) is 1. The molecule has 0 spiro atoms. The Labute approximate surface area is 163 Å². The molecule has 0 fully saturated rings. The van der Waals surface area contributed by atoms with Gasteiger partial charge in [0.15, 0.2) is 0 Å². The number of benzene rings is 1. The SMILES string of the molecule is CCN=C(NC(=O)OC(C)(C)C)Nc1cc(C)cc(CN(C(=O)O)C(=O)O)c1. The van der Waals surface area contributed by atoms with Gasteiger partial charge in [0, 0.05) is 12.2 Å². The number of rotatable bonds is 4. The number of carbonyl (C=O) groups excluding carboxylic acids is 1. The third-order valence-corrected chi connectivity index (χ3v) is 3.14. The van der Waals surface area contributed by atoms with Crippen LogP contribution in [-0.2, 0) is 11.3 Å². The van der Waals surface area contributed by atoms with Crippen molar-refractivity contribution in [3.05, 3.63) is 29.3 Å². The maximum absolute atomic E-state index is 12.0. The smallest absolute Gasteiger partial charge is 0.417 e. The Hall–Kier alpha value is -3.30. The summed E-state index contributed by atoms with van der Waals surface area (Å²) in [6, 6.07) is 4.99. The Morgan fingerprint density at radius 3 is 2.25 bits per heavy atom. The number of aliphatic imine (C=N–C) groups is 1. The number of amides is 3. The van der Waals surface area contributed by atoms with E-state index in [1.165, 1.54) is 0 Å². The zero-order chi connectivity index (χ0) is 21.5. The second-order valence-electron chi connectivity index (χ2n) is 6.93. The first-order chi connectivity index (χ1) is 12.9. The van der Waals surface area contributed by atoms with Gasteiger partial charge >= 0.3 is 18.3 Å². The number of hydrogen-bond acceptors (Lipinski definition) is 5. The highest BCUT2D eigenvalue weighted by Gasteiger charge is 2.21. The number of carboxylic acid groups (broad SMARTS) is 2. The maximum Gasteiger partial charge on any atom is 0.417 e. The molecule has 0 aliphatic rings. The number of carbonyl (C=O) groups is 3. The fourth-order valence-corrected chi connectivity index (χ4v) is 2.23. The van der Waals surface area contributed by atoms with Crippen molar-refractivity contribution in [2.45, 2.75) is 46.8 Å². The summed E-state index contributed by atoms with van der Waals surface area (Å²) in [5.41, 5.74) is 1.06. The lowest BCUT2D eigenvalue weighted by molar-refractivity contribution is 0.0562. The minimum atomic E-state index is -1.57. The summed E-state index contributed by atoms with van der Waals surface area (Å²) in [6.45, 7) is 8.83. The molecular weight excluding hydrogens is 368 g/mol. The summed E-state index contributed by atoms with van der Waals surface area (Å²) in [5, 5.41) is 23.5. The van der Waals surface area contributed by atoms with E-state index in [1.54, 1.807) is 52.8 Å². The molecule has 0 aromatic heterocycles. The first-order valence-electron chi connectivity index (χ1n) is 8.56. The number of imide groups is 1. The van der Waals surface area contributed by atoms with Crippen LogP contribution in [0.2, 0.25) is 0 Å². The summed E-state index contributed by atoms with van der Waals surface area (Å²) in [4.78, 5) is 38.5. The van der Waals surface area contributed by atoms with Gasteiger partial charge in [0.25, 0.3) is 0 Å². The van der Waals surface area contributed by atoms with Crippen LogP contribution in [-0.4, -0.2) is 51.5 Å². The highest BCUT2D eigenvalue weighted by atomic mass is 16.6. The van der Waals surface area contributed by atoms with Crippen molar-refractivity contribution in [2.24, 2.45) is 4.99 Å². The van der Waals surface area contributed by atoms with E-state index in [0.29, 0.717) is 17.8 Å². The highest BCUT2D eigenvalue weighted by molar-refractivity contribution is 6.02. The van der Waals surface area contributed by atoms with Crippen LogP contribution in [0.1, 0.15) is 38.8 Å². The highest BCUT2D eigenvalue weighted by Crippen LogP contribution is 2.17. The lowest BCUT2D eigenvalue weighted by Crippen LogP contribution is -2.40. The van der Waals surface area contributed by atoms with Gasteiger partial charge in [-0.1, -0.05) is 6.07 Å². The van der Waals surface area contributed by atoms with Crippen LogP contribution in [0.25, 0.3) is 0 Å². The van der Waals surface area contributed by atoms with Crippen molar-refractivity contribution in [1.82, 2.24) is 10.2 Å². The first-order valence-corrected chi connectivity index (χ1v) is 8.56. The Morgan fingerprint density at radius 2 is 1.75 bits per heavy atom. The van der Waals surface area contributed by atoms with E-state index >= 15 is 0 Å². The maximum atomic E-state index is 12.0. The lowest BCUT2D eigenvalue weighted by Gasteiger charge is -2.20. The average molecular weight is 394 g/mol. The molecule has 1 rings (SSSR count). The monoisotopic (exact) mass is 394 g/mol. The van der Waals surface area contributed by atoms with Gasteiger partial charge in [0.1, 0.15) is 5.60 Å². The molecule has 0 aliphatic heterocycles. The topological polar surface area (TPSA) is 141 Å². The molecular formula is C18H26N4O6. The van der Waals surface area contributed by atoms with Crippen LogP contribution < -0.4 is 10.6 Å². The molecule has 10 heteroatoms. The van der Waals surface area contributed by atoms with E-state index in [0.717, 1.165) is 5.56 Å². The van der Waals surface area contributed by atoms with Crippen molar-refractivity contribution >= 4 is 29.9 Å². The van der Waals surface area contributed by atoms with Gasteiger partial charge in [0.2, 0.25) is 5.96 Å². The summed E-state index contributed by atoms with van der Waals surface area (Å²) in [7, 11) is 0. The van der Waals surface area contributed by atoms with Crippen molar-refractivity contribution in [3.8, 4) is 0 Å². The molecule has 0 unspecified atom stereocenters. The molecule has 3 amide bonds. The van der Waals surface area contributed by atoms with Gasteiger partial charge in [-0.2, -0.15) is 0 Å². The molecule has 4 N–H and O–H groups in total. The predicted octanol–water partition coefficient (Wildman–Crippen LogP) is 3.47. The third-order valence-electron chi connectivity index (χ3n) is 3.14. The molecule has 1 aromatic carbocycles. The average Bonchev–Trinajstić information content (AvgIpc) is 2.49. The largest absolute Gasteiger partial charge is 0.465 e. The van der Waals surface area contributed by atoms with Crippen LogP contribution in [0, 0.1) is 6.92 Å². The van der Waals surface area contributed by atoms with E-state index in [-0.39, 0.29) is 17.4 Å². The third kappa shape index (κ3) is 7.94. The van der Waals surface area contributed by atoms with Gasteiger partial charge in [-0.25, -0.2) is 19.3 Å². The van der Waals surface area contributed by atoms with Gasteiger partial charge in [-0.15, -0.1) is 0 Å². The van der Waals surface area contributed by atoms with Crippen LogP contribution in [0.4, 0.5) is 20.1 Å². The summed E-state index contributed by atoms with van der Waals surface area (Å²) < 4.78 is 5.20. The minimum Gasteiger partial charge on any atom is -0.465 e. The molecule has 154 valence electrons. The standard InChI is InChI=1S/C18H26N4O6/c1-6-19-14(21-15(23)28-18(3,4)5)20-13-8-11(2)7-12(9-13)10-22(16(24)25)17(26)27/h7-9H,6,10H2,1-5H3,(H,24,25)(H,26,27)(H2,19,20,21,23). The summed E-state index contributed by atoms with van der Waals surface area (Å²) in [5.74, 6) is 0.154. The number of hydrogen-bond donors (Lipinski definition) is 4. The van der Waals surface area contributed by atoms with Crippen LogP contribution >= 0.6 is 0 Å². The van der Waals surface area contributed by atoms with Crippen molar-refractivity contribution in [2.75, 3.05) is 11.9 Å². The predicted molar refractivity (Wildman–Crippen MR) is 104 cm³/mol. The minimum absolute atomic E-state index is 0.154. The van der Waals surface area contributed by atoms with Gasteiger partial charge in [0.05, 0.1) is 6.54 Å². The van der Waals surface area contributed by atoms with E-state index in [9.17, 15) is 14.4 Å². The van der Waals surface area contributed by atoms with Gasteiger partial charge < -0.3 is 20.3 Å². The van der Waals surface area contributed by atoms with Crippen LogP contribution in [0.15, 0.2) is 23.2 Å². The zero-order valence-corrected chi connectivity index (χ0v) is 16.6. The normalized spacial score (nSPS) is 11.5. The Kier molecular flexibility index (Phi) is 7.78. The van der Waals surface area contributed by atoms with Crippen molar-refractivity contribution < 1.29 is 29.3 Å². The second kappa shape index (κ2) is 9.58. The molecule has 0 heterocycles. The fourth-order valence-electron chi connectivity index (χ4n) is 2.23. The van der Waals surface area contributed by atoms with Crippen molar-refractivity contribution in [3.63, 3.8) is 0 Å². The van der Waals surface area contributed by atoms with Gasteiger partial charge in [-0.3, -0.25) is 10.3 Å². The molecule has 0 saturated carbocycles. The molecule has 1 aromatic rings. The van der Waals surface area contributed by atoms with E-state index < -0.39 is 23.9 Å². The lowest BCUT2D eigenvalue weighted by atomic mass is 10.1. The van der Waals surface area contributed by atoms with Gasteiger partial charge in [-0.05, 0) is 57.9 Å². The first kappa shape index (κ1) is 22.7.